The number of esters is 4. The van der Waals surface area contributed by atoms with Crippen molar-refractivity contribution in [1.82, 2.24) is 0 Å². The molecule has 0 aliphatic heterocycles. The van der Waals surface area contributed by atoms with Gasteiger partial charge >= 0.3 is 39.5 Å². The number of allylic oxidation sites excluding steroid dienone is 30. The second-order valence-electron chi connectivity index (χ2n) is 25.1. The van der Waals surface area contributed by atoms with Crippen LogP contribution in [0.3, 0.4) is 0 Å². The summed E-state index contributed by atoms with van der Waals surface area (Å²) in [6, 6.07) is 0. The molecule has 17 nitrogen and oxygen atoms in total. The Kier molecular flexibility index (Phi) is 71.2. The maximum Gasteiger partial charge on any atom is 0.472 e. The Morgan fingerprint density at radius 1 is 0.279 bits per heavy atom. The van der Waals surface area contributed by atoms with Gasteiger partial charge in [0.25, 0.3) is 0 Å². The van der Waals surface area contributed by atoms with Crippen LogP contribution in [0.4, 0.5) is 0 Å². The standard InChI is InChI=1S/C85H136O17P2/c1-5-9-13-17-21-25-29-33-36-38-39-41-44-47-50-54-58-62-66-70-83(88)95-75-80(101-84(89)71-67-63-59-55-51-45-32-28-24-20-16-12-8-4)77-99-103(91,92)97-73-79(86)74-98-104(93,94)100-78-81(102-85(90)72-68-64-60-56-52-48-42-35-31-27-23-19-15-11-7-3)76-96-82(87)69-65-61-57-53-49-46-43-40-37-34-30-26-22-18-14-10-6-2/h9-11,13-16,20-23,25-28,32-37,39,41-43,46,52-53,56-57,79-81,86H,5-8,12,17-19,24,29-31,38,40,44-45,47-51,54-55,58-78H2,1-4H3,(H,91,92)(H,93,94)/b13-9-,14-10-,15-11-,20-16-,25-21-,26-22-,27-23-,32-28-,36-33-,37-34-,41-39-,42-35-,46-43-,56-52-,57-53-. The fraction of sp³-hybridized carbons (Fsp3) is 0.600. The fourth-order valence-corrected chi connectivity index (χ4v) is 11.1. The molecule has 0 bridgehead atoms. The Morgan fingerprint density at radius 3 is 0.827 bits per heavy atom. The highest BCUT2D eigenvalue weighted by atomic mass is 31.2. The topological polar surface area (TPSA) is 237 Å². The molecule has 19 heteroatoms. The number of hydrogen-bond acceptors (Lipinski definition) is 15. The van der Waals surface area contributed by atoms with Crippen molar-refractivity contribution in [2.24, 2.45) is 0 Å². The van der Waals surface area contributed by atoms with Crippen LogP contribution in [0.1, 0.15) is 272 Å². The number of aliphatic hydroxyl groups excluding tert-OH is 1. The zero-order chi connectivity index (χ0) is 76.0. The van der Waals surface area contributed by atoms with Gasteiger partial charge in [-0.05, 0) is 167 Å². The Labute approximate surface area is 628 Å². The Balaban J connectivity index is 5.46. The van der Waals surface area contributed by atoms with Crippen LogP contribution in [0, 0.1) is 0 Å². The summed E-state index contributed by atoms with van der Waals surface area (Å²) in [5.74, 6) is -2.34. The van der Waals surface area contributed by atoms with Crippen molar-refractivity contribution in [3.63, 3.8) is 0 Å². The third-order valence-electron chi connectivity index (χ3n) is 15.3. The molecule has 0 radical (unpaired) electrons. The molecule has 0 heterocycles. The lowest BCUT2D eigenvalue weighted by Gasteiger charge is -2.21. The van der Waals surface area contributed by atoms with Crippen LogP contribution >= 0.6 is 15.6 Å². The number of phosphoric acid groups is 2. The first-order valence-corrected chi connectivity index (χ1v) is 42.0. The van der Waals surface area contributed by atoms with E-state index in [1.807, 2.05) is 12.2 Å². The molecule has 0 aromatic carbocycles. The molecule has 0 fully saturated rings. The van der Waals surface area contributed by atoms with Gasteiger partial charge in [0.05, 0.1) is 26.4 Å². The van der Waals surface area contributed by atoms with E-state index in [0.29, 0.717) is 38.5 Å². The monoisotopic (exact) mass is 1490 g/mol. The van der Waals surface area contributed by atoms with Gasteiger partial charge in [0.1, 0.15) is 19.3 Å². The number of hydrogen-bond donors (Lipinski definition) is 3. The predicted molar refractivity (Wildman–Crippen MR) is 426 cm³/mol. The van der Waals surface area contributed by atoms with Gasteiger partial charge in [-0.3, -0.25) is 37.3 Å². The van der Waals surface area contributed by atoms with Crippen molar-refractivity contribution < 1.29 is 80.2 Å². The van der Waals surface area contributed by atoms with Crippen LogP contribution in [-0.2, 0) is 65.4 Å². The molecule has 0 aromatic heterocycles. The summed E-state index contributed by atoms with van der Waals surface area (Å²) in [5, 5.41) is 10.6. The number of carbonyl (C=O) groups is 4. The van der Waals surface area contributed by atoms with E-state index in [1.165, 1.54) is 0 Å². The van der Waals surface area contributed by atoms with Crippen molar-refractivity contribution >= 4 is 39.5 Å². The zero-order valence-corrected chi connectivity index (χ0v) is 65.9. The van der Waals surface area contributed by atoms with Gasteiger partial charge in [0.15, 0.2) is 12.2 Å². The molecule has 588 valence electrons. The molecule has 0 aliphatic rings. The first-order chi connectivity index (χ1) is 50.7. The first kappa shape index (κ1) is 98.2. The van der Waals surface area contributed by atoms with Crippen molar-refractivity contribution in [3.8, 4) is 0 Å². The van der Waals surface area contributed by atoms with E-state index in [0.717, 1.165) is 180 Å². The van der Waals surface area contributed by atoms with E-state index >= 15 is 0 Å². The quantitative estimate of drug-likeness (QED) is 0.0169. The molecule has 5 unspecified atom stereocenters. The largest absolute Gasteiger partial charge is 0.472 e. The highest BCUT2D eigenvalue weighted by Gasteiger charge is 2.30. The summed E-state index contributed by atoms with van der Waals surface area (Å²) in [6.45, 7) is 4.29. The highest BCUT2D eigenvalue weighted by molar-refractivity contribution is 7.47. The highest BCUT2D eigenvalue weighted by Crippen LogP contribution is 2.45. The summed E-state index contributed by atoms with van der Waals surface area (Å²) < 4.78 is 68.4. The zero-order valence-electron chi connectivity index (χ0n) is 64.1. The SMILES string of the molecule is CC/C=C\C/C=C\C/C=C\C/C=C\C/C=C\CCCC(=O)OCC(COP(=O)(O)OCC(O)COP(=O)(O)OCC(COC(=O)CCCCCCCC/C=C\C/C=C\C/C=C\C/C=C\CC)OC(=O)CCCCCCC/C=C\C/C=C\CCC)OC(=O)CCCC/C=C\C/C=C\C/C=C\C/C=C\CC. The number of ether oxygens (including phenoxy) is 4. The molecule has 0 aromatic rings. The summed E-state index contributed by atoms with van der Waals surface area (Å²) in [6.07, 6.45) is 90.3. The van der Waals surface area contributed by atoms with Crippen LogP contribution in [0.2, 0.25) is 0 Å². The van der Waals surface area contributed by atoms with Crippen LogP contribution in [0.5, 0.6) is 0 Å². The minimum absolute atomic E-state index is 0.0230. The third-order valence-corrected chi connectivity index (χ3v) is 17.2. The van der Waals surface area contributed by atoms with Crippen LogP contribution in [0.25, 0.3) is 0 Å². The number of aliphatic hydroxyl groups is 1. The van der Waals surface area contributed by atoms with Gasteiger partial charge in [0.2, 0.25) is 0 Å². The molecule has 0 aliphatic carbocycles. The van der Waals surface area contributed by atoms with Crippen LogP contribution in [-0.4, -0.2) is 96.7 Å². The average molecular weight is 1490 g/mol. The fourth-order valence-electron chi connectivity index (χ4n) is 9.51. The maximum atomic E-state index is 13.1. The summed E-state index contributed by atoms with van der Waals surface area (Å²) >= 11 is 0. The van der Waals surface area contributed by atoms with E-state index < -0.39 is 97.5 Å². The van der Waals surface area contributed by atoms with Gasteiger partial charge in [0, 0.05) is 25.7 Å². The predicted octanol–water partition coefficient (Wildman–Crippen LogP) is 22.8. The van der Waals surface area contributed by atoms with Crippen LogP contribution in [0.15, 0.2) is 182 Å². The number of phosphoric ester groups is 2. The second kappa shape index (κ2) is 75.4. The first-order valence-electron chi connectivity index (χ1n) is 39.0. The summed E-state index contributed by atoms with van der Waals surface area (Å²) in [4.78, 5) is 72.9. The molecule has 0 amide bonds. The molecular formula is C85H136O17P2. The third kappa shape index (κ3) is 74.4. The van der Waals surface area contributed by atoms with Gasteiger partial charge in [-0.25, -0.2) is 9.13 Å². The van der Waals surface area contributed by atoms with Gasteiger partial charge in [-0.15, -0.1) is 0 Å². The Hall–Kier alpha value is -5.84. The van der Waals surface area contributed by atoms with E-state index in [1.54, 1.807) is 0 Å². The van der Waals surface area contributed by atoms with Crippen molar-refractivity contribution in [1.29, 1.82) is 0 Å². The summed E-state index contributed by atoms with van der Waals surface area (Å²) in [5.41, 5.74) is 0. The number of rotatable bonds is 71. The molecule has 0 saturated heterocycles. The molecule has 0 rings (SSSR count). The van der Waals surface area contributed by atoms with Gasteiger partial charge in [-0.2, -0.15) is 0 Å². The summed E-state index contributed by atoms with van der Waals surface area (Å²) in [7, 11) is -10.0. The minimum Gasteiger partial charge on any atom is -0.462 e. The Bertz CT molecular complexity index is 2690. The van der Waals surface area contributed by atoms with Gasteiger partial charge < -0.3 is 33.8 Å². The average Bonchev–Trinajstić information content (AvgIpc) is 0.939. The molecule has 0 saturated carbocycles. The van der Waals surface area contributed by atoms with Crippen molar-refractivity contribution in [2.45, 2.75) is 290 Å². The Morgan fingerprint density at radius 2 is 0.510 bits per heavy atom. The second-order valence-corrected chi connectivity index (χ2v) is 28.1. The normalized spacial score (nSPS) is 14.9. The lowest BCUT2D eigenvalue weighted by molar-refractivity contribution is -0.161. The lowest BCUT2D eigenvalue weighted by atomic mass is 10.1. The molecule has 0 spiro atoms. The van der Waals surface area contributed by atoms with Gasteiger partial charge in [-0.1, -0.05) is 261 Å². The molecular weight excluding hydrogens is 1350 g/mol. The molecule has 5 atom stereocenters. The number of carbonyl (C=O) groups excluding carboxylic acids is 4. The maximum absolute atomic E-state index is 13.1. The van der Waals surface area contributed by atoms with Crippen LogP contribution < -0.4 is 0 Å². The van der Waals surface area contributed by atoms with Crippen molar-refractivity contribution in [2.75, 3.05) is 39.6 Å². The minimum atomic E-state index is -5.01. The molecule has 104 heavy (non-hydrogen) atoms. The molecule has 3 N–H and O–H groups in total. The lowest BCUT2D eigenvalue weighted by Crippen LogP contribution is -2.30. The number of unbranched alkanes of at least 4 members (excludes halogenated alkanes) is 15. The van der Waals surface area contributed by atoms with E-state index in [-0.39, 0.29) is 25.7 Å². The van der Waals surface area contributed by atoms with Crippen molar-refractivity contribution in [3.05, 3.63) is 182 Å². The van der Waals surface area contributed by atoms with E-state index in [9.17, 15) is 43.2 Å². The van der Waals surface area contributed by atoms with E-state index in [4.69, 9.17) is 37.0 Å². The van der Waals surface area contributed by atoms with E-state index in [2.05, 4.69) is 198 Å². The smallest absolute Gasteiger partial charge is 0.462 e.